The Hall–Kier alpha value is -4.06. The van der Waals surface area contributed by atoms with Gasteiger partial charge in [-0.1, -0.05) is 0 Å². The molecule has 0 radical (unpaired) electrons. The average Bonchev–Trinajstić information content (AvgIpc) is 3.18. The number of nitrogens with one attached hydrogen (secondary N) is 1. The number of amides is 1. The van der Waals surface area contributed by atoms with Crippen molar-refractivity contribution in [1.82, 2.24) is 14.8 Å². The molecule has 180 valence electrons. The second kappa shape index (κ2) is 8.95. The van der Waals surface area contributed by atoms with Gasteiger partial charge >= 0.3 is 0 Å². The first-order valence-electron chi connectivity index (χ1n) is 9.95. The first-order chi connectivity index (χ1) is 16.5. The molecule has 1 N–H and O–H groups in total. The molecule has 4 rings (SSSR count). The van der Waals surface area contributed by atoms with Crippen LogP contribution in [0.15, 0.2) is 64.8 Å². The third-order valence-corrected chi connectivity index (χ3v) is 6.78. The maximum atomic E-state index is 15.8. The van der Waals surface area contributed by atoms with Gasteiger partial charge in [-0.3, -0.25) is 14.5 Å². The number of halogens is 4. The quantitative estimate of drug-likeness (QED) is 0.319. The Labute approximate surface area is 197 Å². The van der Waals surface area contributed by atoms with E-state index in [9.17, 15) is 22.0 Å². The summed E-state index contributed by atoms with van der Waals surface area (Å²) in [5, 5.41) is 6.21. The molecule has 2 aromatic carbocycles. The van der Waals surface area contributed by atoms with Gasteiger partial charge in [-0.25, -0.2) is 26.0 Å². The maximum absolute atomic E-state index is 15.8. The van der Waals surface area contributed by atoms with Crippen LogP contribution in [0.3, 0.4) is 0 Å². The number of hydrogen-bond donors (Lipinski definition) is 1. The van der Waals surface area contributed by atoms with Crippen LogP contribution in [0.4, 0.5) is 23.2 Å². The Kier molecular flexibility index (Phi) is 6.15. The number of carbonyl (C=O) groups excluding carboxylic acids is 1. The zero-order chi connectivity index (χ0) is 25.5. The standard InChI is InChI=1S/C23H16F4N4O3S/c1-12(32)29-17-10-19(35(33,34)18-9-14(24)3-4-16(18)25)22(27)20(21(17)26)23-15(11-31(2)30-23)13-5-7-28-8-6-13/h3-11H,1-2H3,(H,29,32). The molecule has 0 fully saturated rings. The molecule has 0 aliphatic rings. The highest BCUT2D eigenvalue weighted by Gasteiger charge is 2.33. The van der Waals surface area contributed by atoms with Crippen molar-refractivity contribution >= 4 is 21.4 Å². The third kappa shape index (κ3) is 4.39. The predicted molar refractivity (Wildman–Crippen MR) is 118 cm³/mol. The Bertz CT molecular complexity index is 1570. The summed E-state index contributed by atoms with van der Waals surface area (Å²) in [6.45, 7) is 1.03. The average molecular weight is 504 g/mol. The smallest absolute Gasteiger partial charge is 0.221 e. The number of sulfone groups is 1. The van der Waals surface area contributed by atoms with Crippen LogP contribution in [0.25, 0.3) is 22.4 Å². The molecule has 0 spiro atoms. The summed E-state index contributed by atoms with van der Waals surface area (Å²) < 4.78 is 87.2. The van der Waals surface area contributed by atoms with Crippen LogP contribution in [-0.4, -0.2) is 29.1 Å². The van der Waals surface area contributed by atoms with Crippen LogP contribution in [0.5, 0.6) is 0 Å². The van der Waals surface area contributed by atoms with E-state index in [2.05, 4.69) is 15.4 Å². The summed E-state index contributed by atoms with van der Waals surface area (Å²) in [6.07, 6.45) is 4.33. The topological polar surface area (TPSA) is 94.0 Å². The van der Waals surface area contributed by atoms with Gasteiger partial charge in [0.1, 0.15) is 27.1 Å². The van der Waals surface area contributed by atoms with E-state index in [4.69, 9.17) is 0 Å². The molecule has 2 aromatic heterocycles. The van der Waals surface area contributed by atoms with E-state index < -0.39 is 60.1 Å². The van der Waals surface area contributed by atoms with Gasteiger partial charge in [0.15, 0.2) is 11.6 Å². The molecular formula is C23H16F4N4O3S. The fourth-order valence-electron chi connectivity index (χ4n) is 3.51. The van der Waals surface area contributed by atoms with Gasteiger partial charge in [-0.05, 0) is 42.0 Å². The summed E-state index contributed by atoms with van der Waals surface area (Å²) in [5.74, 6) is -6.09. The summed E-state index contributed by atoms with van der Waals surface area (Å²) in [7, 11) is -3.56. The number of carbonyl (C=O) groups is 1. The summed E-state index contributed by atoms with van der Waals surface area (Å²) in [5.41, 5.74) is -1.15. The van der Waals surface area contributed by atoms with Crippen molar-refractivity contribution in [3.05, 3.63) is 78.3 Å². The molecule has 0 saturated heterocycles. The third-order valence-electron chi connectivity index (χ3n) is 5.01. The van der Waals surface area contributed by atoms with Crippen LogP contribution in [0.1, 0.15) is 6.92 Å². The minimum Gasteiger partial charge on any atom is -0.324 e. The Morgan fingerprint density at radius 2 is 1.66 bits per heavy atom. The highest BCUT2D eigenvalue weighted by atomic mass is 32.2. The molecule has 0 saturated carbocycles. The molecule has 1 amide bonds. The largest absolute Gasteiger partial charge is 0.324 e. The molecule has 35 heavy (non-hydrogen) atoms. The monoisotopic (exact) mass is 504 g/mol. The number of rotatable bonds is 5. The van der Waals surface area contributed by atoms with Crippen molar-refractivity contribution in [2.24, 2.45) is 7.05 Å². The molecular weight excluding hydrogens is 488 g/mol. The van der Waals surface area contributed by atoms with E-state index in [1.165, 1.54) is 30.3 Å². The van der Waals surface area contributed by atoms with Crippen LogP contribution in [0, 0.1) is 23.3 Å². The number of anilines is 1. The number of hydrogen-bond acceptors (Lipinski definition) is 5. The van der Waals surface area contributed by atoms with E-state index in [0.717, 1.165) is 6.92 Å². The van der Waals surface area contributed by atoms with Gasteiger partial charge in [0, 0.05) is 38.1 Å². The van der Waals surface area contributed by atoms with E-state index in [0.29, 0.717) is 29.8 Å². The van der Waals surface area contributed by atoms with E-state index >= 15 is 8.78 Å². The normalized spacial score (nSPS) is 11.5. The lowest BCUT2D eigenvalue weighted by atomic mass is 10.0. The fourth-order valence-corrected chi connectivity index (χ4v) is 4.95. The Morgan fingerprint density at radius 1 is 0.971 bits per heavy atom. The van der Waals surface area contributed by atoms with Crippen molar-refractivity contribution in [1.29, 1.82) is 0 Å². The first kappa shape index (κ1) is 24.1. The van der Waals surface area contributed by atoms with Crippen LogP contribution in [0.2, 0.25) is 0 Å². The van der Waals surface area contributed by atoms with Gasteiger partial charge in [0.25, 0.3) is 0 Å². The molecule has 0 bridgehead atoms. The summed E-state index contributed by atoms with van der Waals surface area (Å²) >= 11 is 0. The first-order valence-corrected chi connectivity index (χ1v) is 11.4. The molecule has 2 heterocycles. The van der Waals surface area contributed by atoms with E-state index in [1.807, 2.05) is 0 Å². The molecule has 0 unspecified atom stereocenters. The van der Waals surface area contributed by atoms with Crippen molar-refractivity contribution in [2.75, 3.05) is 5.32 Å². The minimum atomic E-state index is -5.05. The van der Waals surface area contributed by atoms with Gasteiger partial charge in [-0.15, -0.1) is 0 Å². The molecule has 12 heteroatoms. The van der Waals surface area contributed by atoms with Crippen LogP contribution in [-0.2, 0) is 21.7 Å². The lowest BCUT2D eigenvalue weighted by Crippen LogP contribution is -2.14. The van der Waals surface area contributed by atoms with Crippen molar-refractivity contribution in [2.45, 2.75) is 16.7 Å². The van der Waals surface area contributed by atoms with Gasteiger partial charge in [-0.2, -0.15) is 5.10 Å². The highest BCUT2D eigenvalue weighted by Crippen LogP contribution is 2.40. The zero-order valence-electron chi connectivity index (χ0n) is 18.2. The molecule has 7 nitrogen and oxygen atoms in total. The molecule has 0 atom stereocenters. The van der Waals surface area contributed by atoms with Crippen molar-refractivity contribution in [3.63, 3.8) is 0 Å². The van der Waals surface area contributed by atoms with E-state index in [-0.39, 0.29) is 11.3 Å². The predicted octanol–water partition coefficient (Wildman–Crippen LogP) is 4.50. The van der Waals surface area contributed by atoms with E-state index in [1.54, 1.807) is 12.1 Å². The fraction of sp³-hybridized carbons (Fsp3) is 0.0870. The molecule has 0 aliphatic heterocycles. The summed E-state index contributed by atoms with van der Waals surface area (Å²) in [4.78, 5) is 13.2. The zero-order valence-corrected chi connectivity index (χ0v) is 19.0. The lowest BCUT2D eigenvalue weighted by Gasteiger charge is -2.15. The second-order valence-corrected chi connectivity index (χ2v) is 9.37. The second-order valence-electron chi connectivity index (χ2n) is 7.49. The van der Waals surface area contributed by atoms with Crippen LogP contribution >= 0.6 is 0 Å². The van der Waals surface area contributed by atoms with Crippen molar-refractivity contribution < 1.29 is 30.8 Å². The Balaban J connectivity index is 2.07. The van der Waals surface area contributed by atoms with Crippen molar-refractivity contribution in [3.8, 4) is 22.4 Å². The number of benzene rings is 2. The number of aromatic nitrogens is 3. The highest BCUT2D eigenvalue weighted by molar-refractivity contribution is 7.91. The summed E-state index contributed by atoms with van der Waals surface area (Å²) in [6, 6.07) is 5.26. The van der Waals surface area contributed by atoms with Gasteiger partial charge in [0.2, 0.25) is 15.7 Å². The number of pyridine rings is 1. The SMILES string of the molecule is CC(=O)Nc1cc(S(=O)(=O)c2cc(F)ccc2F)c(F)c(-c2nn(C)cc2-c2ccncc2)c1F. The maximum Gasteiger partial charge on any atom is 0.221 e. The number of nitrogens with zero attached hydrogens (tertiary/aromatic N) is 3. The lowest BCUT2D eigenvalue weighted by molar-refractivity contribution is -0.114. The van der Waals surface area contributed by atoms with Gasteiger partial charge in [0.05, 0.1) is 11.3 Å². The van der Waals surface area contributed by atoms with Crippen LogP contribution < -0.4 is 5.32 Å². The van der Waals surface area contributed by atoms with Gasteiger partial charge < -0.3 is 5.32 Å². The molecule has 4 aromatic rings. The molecule has 0 aliphatic carbocycles. The minimum absolute atomic E-state index is 0.230. The number of aryl methyl sites for hydroxylation is 1. The Morgan fingerprint density at radius 3 is 2.31 bits per heavy atom.